The fourth-order valence-electron chi connectivity index (χ4n) is 2.45. The molecule has 1 rings (SSSR count). The number of hydrogen-bond acceptors (Lipinski definition) is 2. The van der Waals surface area contributed by atoms with E-state index >= 15 is 0 Å². The summed E-state index contributed by atoms with van der Waals surface area (Å²) in [7, 11) is 1.63. The number of benzene rings is 1. The Labute approximate surface area is 122 Å². The molecule has 0 saturated heterocycles. The van der Waals surface area contributed by atoms with E-state index in [2.05, 4.69) is 39.9 Å². The molecule has 3 heteroatoms. The van der Waals surface area contributed by atoms with Gasteiger partial charge >= 0.3 is 0 Å². The van der Waals surface area contributed by atoms with Crippen molar-refractivity contribution in [3.8, 4) is 5.75 Å². The Morgan fingerprint density at radius 2 is 1.70 bits per heavy atom. The highest BCUT2D eigenvalue weighted by molar-refractivity contribution is 5.94. The molecule has 0 heterocycles. The average Bonchev–Trinajstić information content (AvgIpc) is 2.37. The van der Waals surface area contributed by atoms with E-state index in [-0.39, 0.29) is 16.9 Å². The van der Waals surface area contributed by atoms with Crippen LogP contribution in [-0.4, -0.2) is 18.6 Å². The summed E-state index contributed by atoms with van der Waals surface area (Å²) in [6.45, 7) is 10.9. The summed E-state index contributed by atoms with van der Waals surface area (Å²) in [5.74, 6) is 0.720. The summed E-state index contributed by atoms with van der Waals surface area (Å²) in [6.07, 6.45) is 2.10. The molecule has 1 N–H and O–H groups in total. The number of carbonyl (C=O) groups is 1. The van der Waals surface area contributed by atoms with Gasteiger partial charge in [0.2, 0.25) is 0 Å². The molecular formula is C17H27NO2. The summed E-state index contributed by atoms with van der Waals surface area (Å²) in [4.78, 5) is 11.5. The molecule has 1 aromatic rings. The van der Waals surface area contributed by atoms with E-state index in [1.54, 1.807) is 19.2 Å². The summed E-state index contributed by atoms with van der Waals surface area (Å²) >= 11 is 0. The second-order valence-electron chi connectivity index (χ2n) is 6.66. The Bertz CT molecular complexity index is 447. The summed E-state index contributed by atoms with van der Waals surface area (Å²) in [5, 5.41) is 2.61. The topological polar surface area (TPSA) is 38.3 Å². The van der Waals surface area contributed by atoms with Gasteiger partial charge in [0.15, 0.2) is 0 Å². The third-order valence-electron chi connectivity index (χ3n) is 3.60. The van der Waals surface area contributed by atoms with E-state index in [1.165, 1.54) is 0 Å². The Morgan fingerprint density at radius 3 is 2.15 bits per heavy atom. The molecule has 0 aliphatic carbocycles. The molecule has 0 aromatic heterocycles. The molecule has 0 fully saturated rings. The summed E-state index contributed by atoms with van der Waals surface area (Å²) < 4.78 is 6.08. The van der Waals surface area contributed by atoms with E-state index in [4.69, 9.17) is 4.74 Å². The second-order valence-corrected chi connectivity index (χ2v) is 6.66. The van der Waals surface area contributed by atoms with Gasteiger partial charge in [-0.2, -0.15) is 0 Å². The number of carbonyl (C=O) groups excluding carboxylic acids is 1. The van der Waals surface area contributed by atoms with Crippen LogP contribution in [-0.2, 0) is 0 Å². The predicted octanol–water partition coefficient (Wildman–Crippen LogP) is 4.03. The average molecular weight is 277 g/mol. The standard InChI is InChI=1S/C17H27NO2/c1-7-16(2,3)12-17(4,5)20-14-10-8-13(9-11-14)15(19)18-6/h8-11H,7,12H2,1-6H3,(H,18,19). The molecule has 1 amide bonds. The Hall–Kier alpha value is -1.51. The lowest BCUT2D eigenvalue weighted by Gasteiger charge is -2.34. The fourth-order valence-corrected chi connectivity index (χ4v) is 2.45. The quantitative estimate of drug-likeness (QED) is 0.852. The van der Waals surface area contributed by atoms with Crippen molar-refractivity contribution in [2.24, 2.45) is 5.41 Å². The van der Waals surface area contributed by atoms with E-state index in [1.807, 2.05) is 12.1 Å². The number of nitrogens with one attached hydrogen (secondary N) is 1. The highest BCUT2D eigenvalue weighted by Crippen LogP contribution is 2.33. The largest absolute Gasteiger partial charge is 0.488 e. The first-order valence-corrected chi connectivity index (χ1v) is 7.20. The van der Waals surface area contributed by atoms with Crippen molar-refractivity contribution < 1.29 is 9.53 Å². The molecular weight excluding hydrogens is 250 g/mol. The van der Waals surface area contributed by atoms with E-state index in [0.717, 1.165) is 18.6 Å². The van der Waals surface area contributed by atoms with E-state index in [9.17, 15) is 4.79 Å². The number of hydrogen-bond donors (Lipinski definition) is 1. The van der Waals surface area contributed by atoms with Gasteiger partial charge in [-0.1, -0.05) is 27.2 Å². The van der Waals surface area contributed by atoms with E-state index < -0.39 is 0 Å². The molecule has 0 unspecified atom stereocenters. The number of rotatable bonds is 6. The summed E-state index contributed by atoms with van der Waals surface area (Å²) in [5.41, 5.74) is 0.672. The molecule has 0 aliphatic rings. The van der Waals surface area contributed by atoms with Crippen molar-refractivity contribution in [3.05, 3.63) is 29.8 Å². The van der Waals surface area contributed by atoms with Gasteiger partial charge in [0.25, 0.3) is 5.91 Å². The lowest BCUT2D eigenvalue weighted by atomic mass is 9.80. The van der Waals surface area contributed by atoms with Crippen molar-refractivity contribution in [3.63, 3.8) is 0 Å². The van der Waals surface area contributed by atoms with Crippen molar-refractivity contribution >= 4 is 5.91 Å². The summed E-state index contributed by atoms with van der Waals surface area (Å²) in [6, 6.07) is 7.28. The molecule has 0 radical (unpaired) electrons. The smallest absolute Gasteiger partial charge is 0.251 e. The molecule has 0 bridgehead atoms. The SMILES string of the molecule is CCC(C)(C)CC(C)(C)Oc1ccc(C(=O)NC)cc1. The van der Waals surface area contributed by atoms with Gasteiger partial charge in [0.05, 0.1) is 0 Å². The zero-order valence-electron chi connectivity index (χ0n) is 13.5. The van der Waals surface area contributed by atoms with Gasteiger partial charge in [0, 0.05) is 12.6 Å². The van der Waals surface area contributed by atoms with Crippen LogP contribution in [0.5, 0.6) is 5.75 Å². The zero-order chi connectivity index (χ0) is 15.4. The van der Waals surface area contributed by atoms with Crippen LogP contribution in [0.3, 0.4) is 0 Å². The van der Waals surface area contributed by atoms with Gasteiger partial charge in [-0.15, -0.1) is 0 Å². The first-order chi connectivity index (χ1) is 9.19. The van der Waals surface area contributed by atoms with Crippen LogP contribution in [0.2, 0.25) is 0 Å². The number of ether oxygens (including phenoxy) is 1. The van der Waals surface area contributed by atoms with Gasteiger partial charge in [0.1, 0.15) is 11.4 Å². The second kappa shape index (κ2) is 6.29. The maximum absolute atomic E-state index is 11.5. The Balaban J connectivity index is 2.75. The van der Waals surface area contributed by atoms with Gasteiger partial charge in [-0.3, -0.25) is 4.79 Å². The van der Waals surface area contributed by atoms with Crippen LogP contribution in [0, 0.1) is 5.41 Å². The van der Waals surface area contributed by atoms with Crippen molar-refractivity contribution in [2.45, 2.75) is 53.1 Å². The van der Waals surface area contributed by atoms with Gasteiger partial charge in [-0.25, -0.2) is 0 Å². The molecule has 0 aliphatic heterocycles. The van der Waals surface area contributed by atoms with Gasteiger partial charge < -0.3 is 10.1 Å². The first kappa shape index (κ1) is 16.5. The highest BCUT2D eigenvalue weighted by Gasteiger charge is 2.29. The number of amides is 1. The molecule has 112 valence electrons. The van der Waals surface area contributed by atoms with Crippen LogP contribution in [0.25, 0.3) is 0 Å². The molecule has 0 atom stereocenters. The lowest BCUT2D eigenvalue weighted by molar-refractivity contribution is 0.0549. The molecule has 0 spiro atoms. The maximum Gasteiger partial charge on any atom is 0.251 e. The van der Waals surface area contributed by atoms with Crippen molar-refractivity contribution in [2.75, 3.05) is 7.05 Å². The monoisotopic (exact) mass is 277 g/mol. The van der Waals surface area contributed by atoms with Gasteiger partial charge in [-0.05, 0) is 49.9 Å². The fraction of sp³-hybridized carbons (Fsp3) is 0.588. The third kappa shape index (κ3) is 4.87. The maximum atomic E-state index is 11.5. The third-order valence-corrected chi connectivity index (χ3v) is 3.60. The van der Waals surface area contributed by atoms with E-state index in [0.29, 0.717) is 5.56 Å². The highest BCUT2D eigenvalue weighted by atomic mass is 16.5. The van der Waals surface area contributed by atoms with Crippen LogP contribution < -0.4 is 10.1 Å². The van der Waals surface area contributed by atoms with Crippen LogP contribution >= 0.6 is 0 Å². The first-order valence-electron chi connectivity index (χ1n) is 7.20. The predicted molar refractivity (Wildman–Crippen MR) is 83.2 cm³/mol. The normalized spacial score (nSPS) is 12.1. The molecule has 1 aromatic carbocycles. The van der Waals surface area contributed by atoms with Crippen LogP contribution in [0.4, 0.5) is 0 Å². The van der Waals surface area contributed by atoms with Crippen LogP contribution in [0.1, 0.15) is 57.8 Å². The van der Waals surface area contributed by atoms with Crippen molar-refractivity contribution in [1.29, 1.82) is 0 Å². The molecule has 20 heavy (non-hydrogen) atoms. The minimum absolute atomic E-state index is 0.0806. The molecule has 3 nitrogen and oxygen atoms in total. The van der Waals surface area contributed by atoms with Crippen LogP contribution in [0.15, 0.2) is 24.3 Å². The molecule has 0 saturated carbocycles. The minimum atomic E-state index is -0.228. The van der Waals surface area contributed by atoms with Crippen molar-refractivity contribution in [1.82, 2.24) is 5.32 Å². The Kier molecular flexibility index (Phi) is 5.21. The lowest BCUT2D eigenvalue weighted by Crippen LogP contribution is -2.34. The zero-order valence-corrected chi connectivity index (χ0v) is 13.5. The Morgan fingerprint density at radius 1 is 1.15 bits per heavy atom. The minimum Gasteiger partial charge on any atom is -0.488 e.